The first-order valence-corrected chi connectivity index (χ1v) is 8.60. The highest BCUT2D eigenvalue weighted by Crippen LogP contribution is 2.33. The highest BCUT2D eigenvalue weighted by atomic mass is 19.4. The summed E-state index contributed by atoms with van der Waals surface area (Å²) in [7, 11) is 0. The summed E-state index contributed by atoms with van der Waals surface area (Å²) in [5.41, 5.74) is -0.712. The van der Waals surface area contributed by atoms with E-state index in [2.05, 4.69) is 5.32 Å². The number of ether oxygens (including phenoxy) is 1. The Bertz CT molecular complexity index is 764. The van der Waals surface area contributed by atoms with Gasteiger partial charge < -0.3 is 14.8 Å². The second kappa shape index (κ2) is 11.1. The van der Waals surface area contributed by atoms with E-state index in [-0.39, 0.29) is 18.7 Å². The predicted molar refractivity (Wildman–Crippen MR) is 96.1 cm³/mol. The van der Waals surface area contributed by atoms with Gasteiger partial charge in [-0.3, -0.25) is 4.79 Å². The number of hydrogen-bond acceptors (Lipinski definition) is 3. The lowest BCUT2D eigenvalue weighted by Gasteiger charge is -2.18. The lowest BCUT2D eigenvalue weighted by molar-refractivity contribution is -0.140. The first-order valence-electron chi connectivity index (χ1n) is 8.60. The molecule has 0 aliphatic heterocycles. The van der Waals surface area contributed by atoms with Crippen molar-refractivity contribution in [3.63, 3.8) is 0 Å². The molecule has 28 heavy (non-hydrogen) atoms. The molecule has 0 aliphatic carbocycles. The first-order chi connectivity index (χ1) is 13.3. The Labute approximate surface area is 160 Å². The topological polar surface area (TPSA) is 55.4 Å². The van der Waals surface area contributed by atoms with Gasteiger partial charge >= 0.3 is 6.18 Å². The van der Waals surface area contributed by atoms with Crippen LogP contribution in [0.1, 0.15) is 31.4 Å². The Hall–Kier alpha value is -2.90. The van der Waals surface area contributed by atoms with E-state index in [1.807, 2.05) is 13.8 Å². The normalized spacial score (nSPS) is 11.6. The van der Waals surface area contributed by atoms with Crippen LogP contribution in [0.15, 0.2) is 48.5 Å². The fraction of sp³-hybridized carbons (Fsp3) is 0.300. The molecule has 0 aromatic heterocycles. The average Bonchev–Trinajstić information content (AvgIpc) is 2.68. The van der Waals surface area contributed by atoms with E-state index in [0.717, 1.165) is 11.6 Å². The van der Waals surface area contributed by atoms with Gasteiger partial charge in [-0.1, -0.05) is 44.2 Å². The molecule has 8 heteroatoms. The van der Waals surface area contributed by atoms with Gasteiger partial charge in [-0.05, 0) is 23.8 Å². The highest BCUT2D eigenvalue weighted by molar-refractivity contribution is 5.83. The number of benzene rings is 2. The zero-order valence-electron chi connectivity index (χ0n) is 15.4. The van der Waals surface area contributed by atoms with Crippen molar-refractivity contribution < 1.29 is 31.9 Å². The summed E-state index contributed by atoms with van der Waals surface area (Å²) < 4.78 is 56.7. The van der Waals surface area contributed by atoms with Crippen molar-refractivity contribution in [3.05, 3.63) is 65.5 Å². The number of carbonyl (C=O) groups excluding carboxylic acids is 2. The Balaban J connectivity index is 0.00000190. The largest absolute Gasteiger partial charge is 0.480 e. The second-order valence-corrected chi connectivity index (χ2v) is 5.35. The van der Waals surface area contributed by atoms with Crippen LogP contribution in [-0.4, -0.2) is 18.3 Å². The van der Waals surface area contributed by atoms with E-state index < -0.39 is 29.6 Å². The molecule has 0 aliphatic rings. The van der Waals surface area contributed by atoms with Crippen LogP contribution < -0.4 is 10.1 Å². The van der Waals surface area contributed by atoms with Gasteiger partial charge in [-0.2, -0.15) is 13.2 Å². The Kier molecular flexibility index (Phi) is 9.14. The predicted octanol–water partition coefficient (Wildman–Crippen LogP) is 4.52. The number of amides is 1. The molecule has 0 saturated carbocycles. The van der Waals surface area contributed by atoms with Crippen molar-refractivity contribution >= 4 is 12.2 Å². The van der Waals surface area contributed by atoms with Crippen LogP contribution in [0.4, 0.5) is 17.6 Å². The van der Waals surface area contributed by atoms with Crippen LogP contribution in [0.2, 0.25) is 0 Å². The molecule has 152 valence electrons. The van der Waals surface area contributed by atoms with Gasteiger partial charge in [0.2, 0.25) is 0 Å². The summed E-state index contributed by atoms with van der Waals surface area (Å²) in [4.78, 5) is 22.9. The molecule has 2 aromatic carbocycles. The van der Waals surface area contributed by atoms with Crippen LogP contribution in [0, 0.1) is 5.82 Å². The third kappa shape index (κ3) is 7.02. The smallest absolute Gasteiger partial charge is 0.419 e. The number of alkyl halides is 3. The third-order valence-corrected chi connectivity index (χ3v) is 3.43. The van der Waals surface area contributed by atoms with Crippen molar-refractivity contribution in [1.82, 2.24) is 5.32 Å². The molecule has 0 bridgehead atoms. The number of hydrogen-bond donors (Lipinski definition) is 1. The maximum absolute atomic E-state index is 13.3. The molecule has 0 heterocycles. The molecule has 1 N–H and O–H groups in total. The zero-order valence-corrected chi connectivity index (χ0v) is 15.4. The van der Waals surface area contributed by atoms with Crippen LogP contribution >= 0.6 is 0 Å². The van der Waals surface area contributed by atoms with Crippen LogP contribution in [0.25, 0.3) is 0 Å². The number of carbonyl (C=O) groups is 2. The SMILES string of the molecule is CC.O=CCC(Oc1ccc(F)c(C(F)(F)F)c1)C(=O)NCc1ccccc1. The van der Waals surface area contributed by atoms with Crippen molar-refractivity contribution in [3.8, 4) is 5.75 Å². The van der Waals surface area contributed by atoms with E-state index >= 15 is 0 Å². The van der Waals surface area contributed by atoms with Gasteiger partial charge in [0.1, 0.15) is 17.9 Å². The third-order valence-electron chi connectivity index (χ3n) is 3.43. The maximum atomic E-state index is 13.3. The van der Waals surface area contributed by atoms with Crippen molar-refractivity contribution in [2.75, 3.05) is 0 Å². The van der Waals surface area contributed by atoms with E-state index in [9.17, 15) is 27.2 Å². The fourth-order valence-corrected chi connectivity index (χ4v) is 2.15. The molecular weight excluding hydrogens is 378 g/mol. The standard InChI is InChI=1S/C18H15F4NO3.C2H6/c19-15-7-6-13(10-14(15)18(20,21)22)26-16(8-9-24)17(25)23-11-12-4-2-1-3-5-12;1-2/h1-7,9-10,16H,8,11H2,(H,23,25);1-2H3. The molecule has 2 rings (SSSR count). The van der Waals surface area contributed by atoms with Crippen molar-refractivity contribution in [1.29, 1.82) is 0 Å². The molecule has 0 fully saturated rings. The second-order valence-electron chi connectivity index (χ2n) is 5.35. The summed E-state index contributed by atoms with van der Waals surface area (Å²) in [5, 5.41) is 2.54. The minimum Gasteiger partial charge on any atom is -0.480 e. The minimum atomic E-state index is -4.90. The van der Waals surface area contributed by atoms with Gasteiger partial charge in [-0.25, -0.2) is 4.39 Å². The molecular formula is C20H21F4NO3. The minimum absolute atomic E-state index is 0.162. The molecule has 0 spiro atoms. The summed E-state index contributed by atoms with van der Waals surface area (Å²) in [5.74, 6) is -2.48. The van der Waals surface area contributed by atoms with E-state index in [1.165, 1.54) is 0 Å². The number of nitrogens with one attached hydrogen (secondary N) is 1. The summed E-state index contributed by atoms with van der Waals surface area (Å²) in [6.45, 7) is 4.16. The van der Waals surface area contributed by atoms with E-state index in [4.69, 9.17) is 4.74 Å². The number of halogens is 4. The monoisotopic (exact) mass is 399 g/mol. The summed E-state index contributed by atoms with van der Waals surface area (Å²) in [6.07, 6.45) is -6.18. The Morgan fingerprint density at radius 1 is 1.14 bits per heavy atom. The maximum Gasteiger partial charge on any atom is 0.419 e. The van der Waals surface area contributed by atoms with Gasteiger partial charge in [0.05, 0.1) is 5.56 Å². The number of aldehydes is 1. The molecule has 0 radical (unpaired) electrons. The molecule has 1 amide bonds. The molecule has 1 atom stereocenters. The molecule has 1 unspecified atom stereocenters. The lowest BCUT2D eigenvalue weighted by Crippen LogP contribution is -2.38. The lowest BCUT2D eigenvalue weighted by atomic mass is 10.2. The first kappa shape index (κ1) is 23.1. The van der Waals surface area contributed by atoms with E-state index in [0.29, 0.717) is 18.4 Å². The Morgan fingerprint density at radius 2 is 1.79 bits per heavy atom. The number of rotatable bonds is 7. The Morgan fingerprint density at radius 3 is 2.36 bits per heavy atom. The van der Waals surface area contributed by atoms with Gasteiger partial charge in [0, 0.05) is 13.0 Å². The fourth-order valence-electron chi connectivity index (χ4n) is 2.15. The molecule has 4 nitrogen and oxygen atoms in total. The van der Waals surface area contributed by atoms with Crippen molar-refractivity contribution in [2.24, 2.45) is 0 Å². The van der Waals surface area contributed by atoms with E-state index in [1.54, 1.807) is 30.3 Å². The zero-order chi connectivity index (χ0) is 21.2. The van der Waals surface area contributed by atoms with Gasteiger partial charge in [0.25, 0.3) is 5.91 Å². The van der Waals surface area contributed by atoms with Crippen LogP contribution in [-0.2, 0) is 22.3 Å². The molecule has 2 aromatic rings. The van der Waals surface area contributed by atoms with Gasteiger partial charge in [0.15, 0.2) is 6.10 Å². The molecule has 0 saturated heterocycles. The summed E-state index contributed by atoms with van der Waals surface area (Å²) >= 11 is 0. The summed E-state index contributed by atoms with van der Waals surface area (Å²) in [6, 6.07) is 10.9. The van der Waals surface area contributed by atoms with Crippen molar-refractivity contribution in [2.45, 2.75) is 39.1 Å². The van der Waals surface area contributed by atoms with Gasteiger partial charge in [-0.15, -0.1) is 0 Å². The quantitative estimate of drug-likeness (QED) is 0.550. The van der Waals surface area contributed by atoms with Crippen LogP contribution in [0.3, 0.4) is 0 Å². The highest BCUT2D eigenvalue weighted by Gasteiger charge is 2.34. The average molecular weight is 399 g/mol. The van der Waals surface area contributed by atoms with Crippen LogP contribution in [0.5, 0.6) is 5.75 Å².